The van der Waals surface area contributed by atoms with Crippen molar-refractivity contribution >= 4 is 11.9 Å². The third kappa shape index (κ3) is 5.16. The summed E-state index contributed by atoms with van der Waals surface area (Å²) in [5, 5.41) is 7.12. The molecule has 0 spiro atoms. The number of rotatable bonds is 3. The normalized spacial score (nSPS) is 21.8. The lowest BCUT2D eigenvalue weighted by atomic mass is 10.0. The van der Waals surface area contributed by atoms with Gasteiger partial charge in [-0.15, -0.1) is 0 Å². The molecule has 0 radical (unpaired) electrons. The van der Waals surface area contributed by atoms with Crippen LogP contribution in [0.3, 0.4) is 0 Å². The minimum atomic E-state index is -5.08. The fraction of sp³-hybridized carbons (Fsp3) is 0.444. The van der Waals surface area contributed by atoms with Crippen LogP contribution in [-0.4, -0.2) is 63.3 Å². The predicted molar refractivity (Wildman–Crippen MR) is 94.4 cm³/mol. The van der Waals surface area contributed by atoms with E-state index in [0.717, 1.165) is 50.5 Å². The zero-order valence-electron chi connectivity index (χ0n) is 15.0. The first-order chi connectivity index (χ1) is 13.3. The Kier molecular flexibility index (Phi) is 6.08. The van der Waals surface area contributed by atoms with E-state index in [9.17, 15) is 13.2 Å². The summed E-state index contributed by atoms with van der Waals surface area (Å²) in [5.74, 6) is -0.411. The van der Waals surface area contributed by atoms with Crippen molar-refractivity contribution in [2.75, 3.05) is 31.1 Å². The second-order valence-electron chi connectivity index (χ2n) is 6.79. The molecule has 1 N–H and O–H groups in total. The second-order valence-corrected chi connectivity index (χ2v) is 6.79. The van der Waals surface area contributed by atoms with Crippen LogP contribution in [0.5, 0.6) is 0 Å². The maximum Gasteiger partial charge on any atom is 0.490 e. The van der Waals surface area contributed by atoms with Crippen LogP contribution >= 0.6 is 0 Å². The molecule has 2 aliphatic heterocycles. The average molecular weight is 395 g/mol. The number of carbonyl (C=O) groups is 1. The Bertz CT molecular complexity index is 762. The Morgan fingerprint density at radius 1 is 1.00 bits per heavy atom. The number of carboxylic acids is 1. The van der Waals surface area contributed by atoms with Crippen molar-refractivity contribution in [2.45, 2.75) is 12.7 Å². The first-order valence-electron chi connectivity index (χ1n) is 8.77. The first-order valence-corrected chi connectivity index (χ1v) is 8.77. The van der Waals surface area contributed by atoms with E-state index < -0.39 is 12.1 Å². The van der Waals surface area contributed by atoms with E-state index in [1.807, 2.05) is 30.7 Å². The summed E-state index contributed by atoms with van der Waals surface area (Å²) >= 11 is 0. The van der Waals surface area contributed by atoms with Gasteiger partial charge in [-0.05, 0) is 30.0 Å². The number of anilines is 1. The third-order valence-corrected chi connectivity index (χ3v) is 4.75. The van der Waals surface area contributed by atoms with E-state index >= 15 is 0 Å². The fourth-order valence-corrected chi connectivity index (χ4v) is 3.56. The highest BCUT2D eigenvalue weighted by Gasteiger charge is 2.40. The largest absolute Gasteiger partial charge is 0.490 e. The Morgan fingerprint density at radius 3 is 2.07 bits per heavy atom. The molecule has 4 rings (SSSR count). The summed E-state index contributed by atoms with van der Waals surface area (Å²) in [4.78, 5) is 26.9. The molecule has 0 amide bonds. The van der Waals surface area contributed by atoms with Gasteiger partial charge in [0.05, 0.1) is 5.69 Å². The van der Waals surface area contributed by atoms with Crippen molar-refractivity contribution in [3.8, 4) is 0 Å². The summed E-state index contributed by atoms with van der Waals surface area (Å²) in [6.45, 7) is 5.44. The molecule has 0 bridgehead atoms. The molecule has 4 heterocycles. The molecular formula is C18H20F3N5O2. The molecule has 2 fully saturated rings. The third-order valence-electron chi connectivity index (χ3n) is 4.75. The fourth-order valence-electron chi connectivity index (χ4n) is 3.56. The number of fused-ring (bicyclic) bond motifs is 1. The topological polar surface area (TPSA) is 82.5 Å². The van der Waals surface area contributed by atoms with Gasteiger partial charge in [-0.3, -0.25) is 9.88 Å². The molecule has 28 heavy (non-hydrogen) atoms. The van der Waals surface area contributed by atoms with E-state index in [-0.39, 0.29) is 0 Å². The second kappa shape index (κ2) is 8.51. The van der Waals surface area contributed by atoms with E-state index in [2.05, 4.69) is 36.9 Å². The monoisotopic (exact) mass is 395 g/mol. The quantitative estimate of drug-likeness (QED) is 0.852. The Labute approximate surface area is 159 Å². The lowest BCUT2D eigenvalue weighted by molar-refractivity contribution is -0.192. The maximum absolute atomic E-state index is 10.6. The number of nitrogens with zero attached hydrogens (tertiary/aromatic N) is 5. The van der Waals surface area contributed by atoms with Crippen LogP contribution in [0.4, 0.5) is 19.1 Å². The van der Waals surface area contributed by atoms with Gasteiger partial charge in [0.25, 0.3) is 0 Å². The number of hydrogen-bond acceptors (Lipinski definition) is 6. The lowest BCUT2D eigenvalue weighted by Crippen LogP contribution is -2.29. The van der Waals surface area contributed by atoms with Crippen molar-refractivity contribution < 1.29 is 23.1 Å². The predicted octanol–water partition coefficient (Wildman–Crippen LogP) is 2.07. The Hall–Kier alpha value is -2.75. The molecule has 0 aromatic carbocycles. The van der Waals surface area contributed by atoms with Gasteiger partial charge in [0.15, 0.2) is 0 Å². The number of carboxylic acid groups (broad SMARTS) is 1. The van der Waals surface area contributed by atoms with Crippen LogP contribution in [0.15, 0.2) is 42.9 Å². The highest BCUT2D eigenvalue weighted by molar-refractivity contribution is 5.73. The summed E-state index contributed by atoms with van der Waals surface area (Å²) < 4.78 is 31.7. The van der Waals surface area contributed by atoms with Gasteiger partial charge in [-0.25, -0.2) is 14.8 Å². The summed E-state index contributed by atoms with van der Waals surface area (Å²) in [6, 6.07) is 8.01. The van der Waals surface area contributed by atoms with Gasteiger partial charge in [-0.1, -0.05) is 6.07 Å². The molecule has 2 aromatic heterocycles. The summed E-state index contributed by atoms with van der Waals surface area (Å²) in [7, 11) is 0. The number of aromatic nitrogens is 3. The van der Waals surface area contributed by atoms with Crippen LogP contribution in [0.2, 0.25) is 0 Å². The maximum atomic E-state index is 10.6. The van der Waals surface area contributed by atoms with Crippen molar-refractivity contribution in [2.24, 2.45) is 11.8 Å². The minimum absolute atomic E-state index is 0.734. The molecule has 0 unspecified atom stereocenters. The number of aliphatic carboxylic acids is 1. The van der Waals surface area contributed by atoms with E-state index in [1.54, 1.807) is 0 Å². The molecule has 0 aliphatic carbocycles. The Balaban J connectivity index is 0.000000279. The van der Waals surface area contributed by atoms with Gasteiger partial charge >= 0.3 is 12.1 Å². The highest BCUT2D eigenvalue weighted by atomic mass is 19.4. The van der Waals surface area contributed by atoms with Crippen LogP contribution < -0.4 is 4.90 Å². The van der Waals surface area contributed by atoms with Gasteiger partial charge in [0.1, 0.15) is 0 Å². The Morgan fingerprint density at radius 2 is 1.57 bits per heavy atom. The van der Waals surface area contributed by atoms with Gasteiger partial charge < -0.3 is 10.0 Å². The van der Waals surface area contributed by atoms with E-state index in [0.29, 0.717) is 0 Å². The van der Waals surface area contributed by atoms with E-state index in [4.69, 9.17) is 9.90 Å². The average Bonchev–Trinajstić information content (AvgIpc) is 3.21. The highest BCUT2D eigenvalue weighted by Crippen LogP contribution is 2.33. The van der Waals surface area contributed by atoms with Crippen molar-refractivity contribution in [3.63, 3.8) is 0 Å². The molecule has 0 saturated carbocycles. The van der Waals surface area contributed by atoms with Gasteiger partial charge in [0.2, 0.25) is 5.95 Å². The van der Waals surface area contributed by atoms with Crippen LogP contribution in [-0.2, 0) is 11.3 Å². The smallest absolute Gasteiger partial charge is 0.475 e. The molecule has 7 nitrogen and oxygen atoms in total. The molecule has 2 saturated heterocycles. The molecule has 10 heteroatoms. The first kappa shape index (κ1) is 20.0. The minimum Gasteiger partial charge on any atom is -0.475 e. The van der Waals surface area contributed by atoms with Crippen molar-refractivity contribution in [3.05, 3.63) is 48.5 Å². The zero-order valence-corrected chi connectivity index (χ0v) is 15.0. The summed E-state index contributed by atoms with van der Waals surface area (Å²) in [5.41, 5.74) is 1.17. The molecule has 150 valence electrons. The lowest BCUT2D eigenvalue weighted by Gasteiger charge is -2.21. The van der Waals surface area contributed by atoms with Crippen LogP contribution in [0.25, 0.3) is 0 Å². The number of alkyl halides is 3. The zero-order chi connectivity index (χ0) is 20.1. The number of likely N-dealkylation sites (tertiary alicyclic amines) is 1. The van der Waals surface area contributed by atoms with Crippen molar-refractivity contribution in [1.82, 2.24) is 19.9 Å². The van der Waals surface area contributed by atoms with Crippen LogP contribution in [0.1, 0.15) is 5.69 Å². The number of halogens is 3. The SMILES string of the molecule is O=C(O)C(F)(F)F.c1ccc(CN2C[C@@H]3CN(c4ncccn4)C[C@@H]3C2)nc1. The van der Waals surface area contributed by atoms with Gasteiger partial charge in [0, 0.05) is 51.3 Å². The summed E-state index contributed by atoms with van der Waals surface area (Å²) in [6.07, 6.45) is 0.439. The van der Waals surface area contributed by atoms with E-state index in [1.165, 1.54) is 5.69 Å². The molecule has 2 atom stereocenters. The number of pyridine rings is 1. The molecule has 2 aliphatic rings. The number of hydrogen-bond donors (Lipinski definition) is 1. The molecule has 2 aromatic rings. The van der Waals surface area contributed by atoms with Gasteiger partial charge in [-0.2, -0.15) is 13.2 Å². The van der Waals surface area contributed by atoms with Crippen molar-refractivity contribution in [1.29, 1.82) is 0 Å². The standard InChI is InChI=1S/C16H19N5.C2HF3O2/c1-2-5-17-15(4-1)12-20-8-13-10-21(11-14(13)9-20)16-18-6-3-7-19-16;3-2(4,5)1(6)7/h1-7,13-14H,8-12H2;(H,6,7)/t13-,14+;. The molecular weight excluding hydrogens is 375 g/mol. The van der Waals surface area contributed by atoms with Crippen LogP contribution in [0, 0.1) is 11.8 Å².